The smallest absolute Gasteiger partial charge is 0.184 e. The Morgan fingerprint density at radius 2 is 1.81 bits per heavy atom. The Bertz CT molecular complexity index is 520. The van der Waals surface area contributed by atoms with Gasteiger partial charge < -0.3 is 9.16 Å². The van der Waals surface area contributed by atoms with E-state index < -0.39 is 8.32 Å². The first kappa shape index (κ1) is 23.1. The van der Waals surface area contributed by atoms with Crippen molar-refractivity contribution < 1.29 is 14.0 Å². The van der Waals surface area contributed by atoms with Gasteiger partial charge in [0.05, 0.1) is 5.60 Å². The lowest BCUT2D eigenvalue weighted by atomic mass is 9.58. The molecule has 0 N–H and O–H groups in total. The Hall–Kier alpha value is -0.193. The molecule has 0 spiro atoms. The maximum absolute atomic E-state index is 12.5. The number of fused-ring (bicyclic) bond motifs is 1. The van der Waals surface area contributed by atoms with Gasteiger partial charge in [-0.2, -0.15) is 0 Å². The molecule has 3 atom stereocenters. The molecule has 3 nitrogen and oxygen atoms in total. The topological polar surface area (TPSA) is 35.5 Å². The van der Waals surface area contributed by atoms with E-state index in [0.717, 1.165) is 51.7 Å². The van der Waals surface area contributed by atoms with Gasteiger partial charge in [-0.15, -0.1) is 0 Å². The molecule has 0 aromatic rings. The van der Waals surface area contributed by atoms with Crippen LogP contribution < -0.4 is 0 Å². The van der Waals surface area contributed by atoms with Crippen molar-refractivity contribution in [3.05, 3.63) is 0 Å². The quantitative estimate of drug-likeness (QED) is 0.342. The summed E-state index contributed by atoms with van der Waals surface area (Å²) in [7, 11) is -1.50. The molecule has 3 unspecified atom stereocenters. The van der Waals surface area contributed by atoms with E-state index in [9.17, 15) is 4.79 Å². The predicted molar refractivity (Wildman–Crippen MR) is 116 cm³/mol. The maximum atomic E-state index is 12.5. The minimum absolute atomic E-state index is 0.0497. The van der Waals surface area contributed by atoms with Gasteiger partial charge in [-0.3, -0.25) is 4.79 Å². The molecule has 4 heteroatoms. The summed E-state index contributed by atoms with van der Waals surface area (Å²) in [5.74, 6) is 1.40. The third kappa shape index (κ3) is 5.45. The van der Waals surface area contributed by atoms with Crippen molar-refractivity contribution >= 4 is 14.1 Å². The van der Waals surface area contributed by atoms with E-state index in [2.05, 4.69) is 54.3 Å². The van der Waals surface area contributed by atoms with Crippen molar-refractivity contribution in [3.8, 4) is 0 Å². The van der Waals surface area contributed by atoms with Crippen molar-refractivity contribution in [3.63, 3.8) is 0 Å². The van der Waals surface area contributed by atoms with Crippen LogP contribution in [0, 0.1) is 22.7 Å². The summed E-state index contributed by atoms with van der Waals surface area (Å²) >= 11 is 0. The van der Waals surface area contributed by atoms with Gasteiger partial charge >= 0.3 is 0 Å². The van der Waals surface area contributed by atoms with Gasteiger partial charge in [0.15, 0.2) is 8.32 Å². The highest BCUT2D eigenvalue weighted by molar-refractivity contribution is 6.69. The largest absolute Gasteiger partial charge is 0.413 e. The maximum Gasteiger partial charge on any atom is 0.184 e. The van der Waals surface area contributed by atoms with E-state index in [-0.39, 0.29) is 22.3 Å². The Morgan fingerprint density at radius 1 is 1.15 bits per heavy atom. The molecule has 0 saturated heterocycles. The highest BCUT2D eigenvalue weighted by Gasteiger charge is 2.59. The van der Waals surface area contributed by atoms with Gasteiger partial charge in [0.1, 0.15) is 5.78 Å². The first-order valence-corrected chi connectivity index (χ1v) is 14.5. The van der Waals surface area contributed by atoms with Gasteiger partial charge in [-0.25, -0.2) is 0 Å². The Balaban J connectivity index is 1.74. The lowest BCUT2D eigenvalue weighted by Crippen LogP contribution is -2.42. The monoisotopic (exact) mass is 396 g/mol. The summed E-state index contributed by atoms with van der Waals surface area (Å²) in [6, 6.07) is 0. The molecule has 0 aliphatic heterocycles. The highest BCUT2D eigenvalue weighted by atomic mass is 28.4. The van der Waals surface area contributed by atoms with Crippen LogP contribution in [0.1, 0.15) is 79.6 Å². The molecule has 2 fully saturated rings. The molecule has 158 valence electrons. The summed E-state index contributed by atoms with van der Waals surface area (Å²) in [6.07, 6.45) is 7.33. The first-order valence-electron chi connectivity index (χ1n) is 11.1. The van der Waals surface area contributed by atoms with Gasteiger partial charge in [-0.05, 0) is 88.8 Å². The van der Waals surface area contributed by atoms with Crippen LogP contribution >= 0.6 is 0 Å². The molecular weight excluding hydrogens is 352 g/mol. The fraction of sp³-hybridized carbons (Fsp3) is 0.957. The standard InChI is InChI=1S/C23H44O3Si/c1-21(2,26-27(6,7)8)13-10-15-25-16-12-18-17-19-20(24)11-9-14-23(19,5)22(18,3)4/h18-19H,9-17H2,1-8H3. The Labute approximate surface area is 169 Å². The van der Waals surface area contributed by atoms with Crippen LogP contribution in [0.15, 0.2) is 0 Å². The lowest BCUT2D eigenvalue weighted by molar-refractivity contribution is -0.131. The van der Waals surface area contributed by atoms with Crippen LogP contribution in [0.2, 0.25) is 19.6 Å². The van der Waals surface area contributed by atoms with Crippen molar-refractivity contribution in [2.45, 2.75) is 105 Å². The zero-order chi connectivity index (χ0) is 20.5. The number of rotatable bonds is 9. The van der Waals surface area contributed by atoms with Crippen LogP contribution in [0.4, 0.5) is 0 Å². The van der Waals surface area contributed by atoms with E-state index in [4.69, 9.17) is 9.16 Å². The minimum atomic E-state index is -1.50. The van der Waals surface area contributed by atoms with Gasteiger partial charge in [0.2, 0.25) is 0 Å². The number of hydrogen-bond donors (Lipinski definition) is 0. The molecule has 0 radical (unpaired) electrons. The molecule has 0 heterocycles. The summed E-state index contributed by atoms with van der Waals surface area (Å²) in [4.78, 5) is 12.5. The van der Waals surface area contributed by atoms with E-state index in [0.29, 0.717) is 11.7 Å². The fourth-order valence-corrected chi connectivity index (χ4v) is 7.59. The molecule has 2 aliphatic rings. The minimum Gasteiger partial charge on any atom is -0.413 e. The molecule has 27 heavy (non-hydrogen) atoms. The summed E-state index contributed by atoms with van der Waals surface area (Å²) < 4.78 is 12.3. The molecule has 2 saturated carbocycles. The van der Waals surface area contributed by atoms with Crippen molar-refractivity contribution in [1.82, 2.24) is 0 Å². The number of carbonyl (C=O) groups excluding carboxylic acids is 1. The van der Waals surface area contributed by atoms with Gasteiger partial charge in [0, 0.05) is 25.6 Å². The second kappa shape index (κ2) is 8.28. The molecule has 0 amide bonds. The number of ether oxygens (including phenoxy) is 1. The average Bonchev–Trinajstić information content (AvgIpc) is 2.69. The van der Waals surface area contributed by atoms with E-state index in [1.54, 1.807) is 0 Å². The zero-order valence-corrected chi connectivity index (χ0v) is 20.2. The third-order valence-electron chi connectivity index (χ3n) is 7.55. The Kier molecular flexibility index (Phi) is 7.08. The van der Waals surface area contributed by atoms with Crippen molar-refractivity contribution in [2.75, 3.05) is 13.2 Å². The van der Waals surface area contributed by atoms with E-state index >= 15 is 0 Å². The van der Waals surface area contributed by atoms with Crippen LogP contribution in [0.5, 0.6) is 0 Å². The van der Waals surface area contributed by atoms with Crippen LogP contribution in [-0.2, 0) is 14.0 Å². The predicted octanol–water partition coefficient (Wildman–Crippen LogP) is 6.23. The van der Waals surface area contributed by atoms with E-state index in [1.807, 2.05) is 0 Å². The summed E-state index contributed by atoms with van der Waals surface area (Å²) in [6.45, 7) is 19.9. The summed E-state index contributed by atoms with van der Waals surface area (Å²) in [5, 5.41) is 0. The zero-order valence-electron chi connectivity index (χ0n) is 19.2. The van der Waals surface area contributed by atoms with Crippen LogP contribution in [0.25, 0.3) is 0 Å². The molecule has 2 rings (SSSR count). The second-order valence-electron chi connectivity index (χ2n) is 11.4. The van der Waals surface area contributed by atoms with E-state index in [1.165, 1.54) is 6.42 Å². The number of Topliss-reactive ketones (excluding diaryl/α,β-unsaturated/α-hetero) is 1. The van der Waals surface area contributed by atoms with Crippen LogP contribution in [0.3, 0.4) is 0 Å². The third-order valence-corrected chi connectivity index (χ3v) is 8.72. The molecule has 0 aromatic heterocycles. The SMILES string of the molecule is CC(C)(CCCOCCC1CC2C(=O)CCCC2(C)C1(C)C)O[Si](C)(C)C. The van der Waals surface area contributed by atoms with Crippen molar-refractivity contribution in [2.24, 2.45) is 22.7 Å². The average molecular weight is 397 g/mol. The van der Waals surface area contributed by atoms with Gasteiger partial charge in [0.25, 0.3) is 0 Å². The van der Waals surface area contributed by atoms with Crippen molar-refractivity contribution in [1.29, 1.82) is 0 Å². The van der Waals surface area contributed by atoms with Gasteiger partial charge in [-0.1, -0.05) is 20.8 Å². The first-order chi connectivity index (χ1) is 12.3. The normalized spacial score (nSPS) is 31.2. The highest BCUT2D eigenvalue weighted by Crippen LogP contribution is 2.64. The molecule has 0 bridgehead atoms. The van der Waals surface area contributed by atoms with Crippen LogP contribution in [-0.4, -0.2) is 32.9 Å². The molecule has 0 aromatic carbocycles. The number of hydrogen-bond acceptors (Lipinski definition) is 3. The Morgan fingerprint density at radius 3 is 2.41 bits per heavy atom. The summed E-state index contributed by atoms with van der Waals surface area (Å²) in [5.41, 5.74) is 0.363. The molecular formula is C23H44O3Si. The number of carbonyl (C=O) groups is 1. The second-order valence-corrected chi connectivity index (χ2v) is 15.9. The lowest BCUT2D eigenvalue weighted by Gasteiger charge is -2.46. The number of ketones is 1. The molecule has 2 aliphatic carbocycles. The fourth-order valence-electron chi connectivity index (χ4n) is 5.83.